The van der Waals surface area contributed by atoms with Gasteiger partial charge in [-0.3, -0.25) is 9.59 Å². The molecule has 1 aromatic heterocycles. The molecule has 0 aliphatic heterocycles. The Morgan fingerprint density at radius 1 is 1.26 bits per heavy atom. The Kier molecular flexibility index (Phi) is 5.91. The number of Topliss-reactive ketones (excluding diaryl/α,β-unsaturated/α-hetero) is 1. The van der Waals surface area contributed by atoms with Gasteiger partial charge in [-0.25, -0.2) is 4.98 Å². The van der Waals surface area contributed by atoms with Gasteiger partial charge < -0.3 is 5.11 Å². The minimum absolute atomic E-state index is 0.0425. The Balaban J connectivity index is 2.02. The third-order valence-corrected chi connectivity index (χ3v) is 4.78. The number of carbonyl (C=O) groups excluding carboxylic acids is 1. The van der Waals surface area contributed by atoms with E-state index in [4.69, 9.17) is 16.7 Å². The van der Waals surface area contributed by atoms with Crippen LogP contribution in [0.4, 0.5) is 0 Å². The van der Waals surface area contributed by atoms with E-state index in [0.29, 0.717) is 10.7 Å². The van der Waals surface area contributed by atoms with Gasteiger partial charge in [0, 0.05) is 28.8 Å². The number of halogens is 1. The topological polar surface area (TPSA) is 67.3 Å². The summed E-state index contributed by atoms with van der Waals surface area (Å²) in [5.41, 5.74) is 1.63. The van der Waals surface area contributed by atoms with Crippen LogP contribution in [0, 0.1) is 11.8 Å². The summed E-state index contributed by atoms with van der Waals surface area (Å²) in [6.07, 6.45) is 0.210. The van der Waals surface area contributed by atoms with Crippen molar-refractivity contribution < 1.29 is 14.7 Å². The summed E-state index contributed by atoms with van der Waals surface area (Å²) in [5.74, 6) is -1.74. The minimum atomic E-state index is -0.923. The lowest BCUT2D eigenvalue weighted by molar-refractivity contribution is -0.145. The maximum absolute atomic E-state index is 12.1. The number of nitrogens with zero attached hydrogens (tertiary/aromatic N) is 1. The van der Waals surface area contributed by atoms with E-state index >= 15 is 0 Å². The molecule has 2 aromatic rings. The number of rotatable bonds is 7. The highest BCUT2D eigenvalue weighted by molar-refractivity contribution is 7.13. The molecule has 0 fully saturated rings. The molecule has 4 nitrogen and oxygen atoms in total. The molecule has 0 saturated heterocycles. The summed E-state index contributed by atoms with van der Waals surface area (Å²) >= 11 is 7.32. The first-order chi connectivity index (χ1) is 10.9. The van der Waals surface area contributed by atoms with Gasteiger partial charge >= 0.3 is 5.97 Å². The van der Waals surface area contributed by atoms with Crippen molar-refractivity contribution in [2.24, 2.45) is 11.8 Å². The quantitative estimate of drug-likeness (QED) is 0.806. The van der Waals surface area contributed by atoms with Crippen LogP contribution < -0.4 is 0 Å². The number of hydrogen-bond donors (Lipinski definition) is 1. The summed E-state index contributed by atoms with van der Waals surface area (Å²) in [6, 6.07) is 7.35. The van der Waals surface area contributed by atoms with E-state index in [1.54, 1.807) is 12.1 Å². The summed E-state index contributed by atoms with van der Waals surface area (Å²) in [7, 11) is 0. The predicted molar refractivity (Wildman–Crippen MR) is 91.9 cm³/mol. The second-order valence-electron chi connectivity index (χ2n) is 5.76. The molecule has 6 heteroatoms. The Morgan fingerprint density at radius 2 is 1.91 bits per heavy atom. The maximum atomic E-state index is 12.1. The molecular weight excluding hydrogens is 334 g/mol. The van der Waals surface area contributed by atoms with Gasteiger partial charge in [0.2, 0.25) is 0 Å². The fraction of sp³-hybridized carbons (Fsp3) is 0.353. The van der Waals surface area contributed by atoms with Gasteiger partial charge in [0.05, 0.1) is 11.6 Å². The number of carboxylic acids is 1. The lowest BCUT2D eigenvalue weighted by atomic mass is 9.90. The van der Waals surface area contributed by atoms with Crippen molar-refractivity contribution in [3.8, 4) is 10.6 Å². The molecule has 2 rings (SSSR count). The number of hydrogen-bond acceptors (Lipinski definition) is 4. The summed E-state index contributed by atoms with van der Waals surface area (Å²) in [6.45, 7) is 3.63. The Morgan fingerprint density at radius 3 is 2.48 bits per heavy atom. The molecule has 0 spiro atoms. The molecule has 0 radical (unpaired) electrons. The monoisotopic (exact) mass is 351 g/mol. The SMILES string of the molecule is CC(C)[C@H](CC(=O)Cc1csc(-c2ccc(Cl)cc2)n1)C(=O)O. The fourth-order valence-corrected chi connectivity index (χ4v) is 3.19. The summed E-state index contributed by atoms with van der Waals surface area (Å²) in [4.78, 5) is 27.7. The molecule has 0 aliphatic carbocycles. The zero-order valence-electron chi connectivity index (χ0n) is 13.0. The molecule has 0 amide bonds. The molecule has 0 saturated carbocycles. The molecule has 0 unspecified atom stereocenters. The van der Waals surface area contributed by atoms with E-state index in [0.717, 1.165) is 10.6 Å². The average Bonchev–Trinajstić information content (AvgIpc) is 2.93. The fourth-order valence-electron chi connectivity index (χ4n) is 2.24. The van der Waals surface area contributed by atoms with E-state index < -0.39 is 11.9 Å². The smallest absolute Gasteiger partial charge is 0.307 e. The molecule has 1 aromatic carbocycles. The number of ketones is 1. The first kappa shape index (κ1) is 17.6. The van der Waals surface area contributed by atoms with Gasteiger partial charge in [0.1, 0.15) is 10.8 Å². The largest absolute Gasteiger partial charge is 0.481 e. The van der Waals surface area contributed by atoms with Crippen molar-refractivity contribution >= 4 is 34.7 Å². The molecular formula is C17H18ClNO3S. The van der Waals surface area contributed by atoms with Crippen molar-refractivity contribution in [2.45, 2.75) is 26.7 Å². The Bertz CT molecular complexity index is 694. The molecule has 122 valence electrons. The van der Waals surface area contributed by atoms with Crippen molar-refractivity contribution in [3.63, 3.8) is 0 Å². The third-order valence-electron chi connectivity index (χ3n) is 3.59. The normalized spacial score (nSPS) is 12.3. The van der Waals surface area contributed by atoms with Gasteiger partial charge in [-0.05, 0) is 18.1 Å². The van der Waals surface area contributed by atoms with Crippen LogP contribution >= 0.6 is 22.9 Å². The van der Waals surface area contributed by atoms with E-state index in [1.807, 2.05) is 31.4 Å². The summed E-state index contributed by atoms with van der Waals surface area (Å²) in [5, 5.41) is 12.5. The highest BCUT2D eigenvalue weighted by atomic mass is 35.5. The van der Waals surface area contributed by atoms with Crippen LogP contribution in [0.2, 0.25) is 5.02 Å². The highest BCUT2D eigenvalue weighted by Gasteiger charge is 2.24. The zero-order valence-corrected chi connectivity index (χ0v) is 14.5. The Labute approximate surface area is 144 Å². The lowest BCUT2D eigenvalue weighted by Gasteiger charge is -2.14. The van der Waals surface area contributed by atoms with Crippen molar-refractivity contribution in [2.75, 3.05) is 0 Å². The molecule has 1 N–H and O–H groups in total. The van der Waals surface area contributed by atoms with Crippen molar-refractivity contribution in [1.82, 2.24) is 4.98 Å². The van der Waals surface area contributed by atoms with Crippen LogP contribution in [0.15, 0.2) is 29.6 Å². The lowest BCUT2D eigenvalue weighted by Crippen LogP contribution is -2.23. The first-order valence-corrected chi connectivity index (χ1v) is 8.57. The standard InChI is InChI=1S/C17H18ClNO3S/c1-10(2)15(17(21)22)8-14(20)7-13-9-23-16(19-13)11-3-5-12(18)6-4-11/h3-6,9-10,15H,7-8H2,1-2H3,(H,21,22)/t15-/m0/s1. The van der Waals surface area contributed by atoms with Gasteiger partial charge in [-0.2, -0.15) is 0 Å². The van der Waals surface area contributed by atoms with Gasteiger partial charge in [-0.15, -0.1) is 11.3 Å². The molecule has 1 heterocycles. The minimum Gasteiger partial charge on any atom is -0.481 e. The van der Waals surface area contributed by atoms with Gasteiger partial charge in [0.15, 0.2) is 0 Å². The van der Waals surface area contributed by atoms with Crippen LogP contribution in [-0.4, -0.2) is 21.8 Å². The van der Waals surface area contributed by atoms with Crippen LogP contribution in [0.3, 0.4) is 0 Å². The molecule has 23 heavy (non-hydrogen) atoms. The van der Waals surface area contributed by atoms with E-state index in [-0.39, 0.29) is 24.5 Å². The number of aromatic nitrogens is 1. The van der Waals surface area contributed by atoms with Crippen molar-refractivity contribution in [1.29, 1.82) is 0 Å². The van der Waals surface area contributed by atoms with Crippen LogP contribution in [-0.2, 0) is 16.0 Å². The van der Waals surface area contributed by atoms with E-state index in [2.05, 4.69) is 4.98 Å². The third kappa shape index (κ3) is 4.88. The van der Waals surface area contributed by atoms with E-state index in [9.17, 15) is 9.59 Å². The number of aliphatic carboxylic acids is 1. The highest BCUT2D eigenvalue weighted by Crippen LogP contribution is 2.26. The average molecular weight is 352 g/mol. The van der Waals surface area contributed by atoms with Crippen LogP contribution in [0.25, 0.3) is 10.6 Å². The zero-order chi connectivity index (χ0) is 17.0. The molecule has 0 bridgehead atoms. The number of thiazole rings is 1. The second kappa shape index (κ2) is 7.70. The number of benzene rings is 1. The van der Waals surface area contributed by atoms with Crippen LogP contribution in [0.5, 0.6) is 0 Å². The maximum Gasteiger partial charge on any atom is 0.307 e. The number of carboxylic acid groups (broad SMARTS) is 1. The molecule has 0 aliphatic rings. The Hall–Kier alpha value is -1.72. The molecule has 1 atom stereocenters. The second-order valence-corrected chi connectivity index (χ2v) is 7.05. The van der Waals surface area contributed by atoms with Gasteiger partial charge in [0.25, 0.3) is 0 Å². The van der Waals surface area contributed by atoms with Crippen molar-refractivity contribution in [3.05, 3.63) is 40.4 Å². The van der Waals surface area contributed by atoms with Gasteiger partial charge in [-0.1, -0.05) is 37.6 Å². The first-order valence-electron chi connectivity index (χ1n) is 7.31. The predicted octanol–water partition coefficient (Wildman–Crippen LogP) is 4.32. The van der Waals surface area contributed by atoms with E-state index in [1.165, 1.54) is 11.3 Å². The number of carbonyl (C=O) groups is 2. The summed E-state index contributed by atoms with van der Waals surface area (Å²) < 4.78 is 0. The van der Waals surface area contributed by atoms with Crippen LogP contribution in [0.1, 0.15) is 26.0 Å².